The van der Waals surface area contributed by atoms with Gasteiger partial charge in [0.25, 0.3) is 11.8 Å². The highest BCUT2D eigenvalue weighted by Gasteiger charge is 2.22. The molecule has 1 aliphatic heterocycles. The Labute approximate surface area is 146 Å². The number of aryl methyl sites for hydroxylation is 1. The maximum absolute atomic E-state index is 12.8. The Morgan fingerprint density at radius 3 is 2.56 bits per heavy atom. The van der Waals surface area contributed by atoms with Gasteiger partial charge in [-0.15, -0.1) is 0 Å². The normalized spacial score (nSPS) is 14.2. The number of rotatable bonds is 3. The highest BCUT2D eigenvalue weighted by Crippen LogP contribution is 2.20. The summed E-state index contributed by atoms with van der Waals surface area (Å²) in [7, 11) is 0. The molecule has 6 heteroatoms. The number of para-hydroxylation sites is 1. The second-order valence-electron chi connectivity index (χ2n) is 5.98. The maximum Gasteiger partial charge on any atom is 0.256 e. The Morgan fingerprint density at radius 2 is 1.80 bits per heavy atom. The third-order valence-corrected chi connectivity index (χ3v) is 4.21. The molecule has 1 aliphatic rings. The number of nitrogens with zero attached hydrogens (tertiary/aromatic N) is 1. The van der Waals surface area contributed by atoms with Crippen LogP contribution in [0, 0.1) is 6.92 Å². The van der Waals surface area contributed by atoms with E-state index in [-0.39, 0.29) is 11.8 Å². The molecule has 0 aromatic heterocycles. The first-order chi connectivity index (χ1) is 12.1. The molecule has 25 heavy (non-hydrogen) atoms. The molecule has 0 unspecified atom stereocenters. The van der Waals surface area contributed by atoms with Gasteiger partial charge in [-0.1, -0.05) is 18.2 Å². The predicted molar refractivity (Wildman–Crippen MR) is 96.7 cm³/mol. The number of hydrogen-bond acceptors (Lipinski definition) is 4. The predicted octanol–water partition coefficient (Wildman–Crippen LogP) is 2.30. The molecular weight excluding hydrogens is 318 g/mol. The summed E-state index contributed by atoms with van der Waals surface area (Å²) in [6, 6.07) is 12.2. The summed E-state index contributed by atoms with van der Waals surface area (Å²) in [6.07, 6.45) is 0. The molecule has 2 amide bonds. The van der Waals surface area contributed by atoms with Crippen molar-refractivity contribution in [1.82, 2.24) is 4.90 Å². The summed E-state index contributed by atoms with van der Waals surface area (Å²) in [5.74, 6) is -0.393. The second-order valence-corrected chi connectivity index (χ2v) is 5.98. The summed E-state index contributed by atoms with van der Waals surface area (Å²) >= 11 is 0. The summed E-state index contributed by atoms with van der Waals surface area (Å²) in [5.41, 5.74) is 8.58. The number of nitrogen functional groups attached to an aromatic ring is 1. The van der Waals surface area contributed by atoms with Gasteiger partial charge in [0.05, 0.1) is 24.5 Å². The lowest BCUT2D eigenvalue weighted by Crippen LogP contribution is -2.41. The summed E-state index contributed by atoms with van der Waals surface area (Å²) in [5, 5.41) is 2.84. The topological polar surface area (TPSA) is 84.7 Å². The number of carbonyl (C=O) groups is 2. The summed E-state index contributed by atoms with van der Waals surface area (Å²) < 4.78 is 5.29. The third kappa shape index (κ3) is 3.80. The van der Waals surface area contributed by atoms with Crippen molar-refractivity contribution in [2.45, 2.75) is 6.92 Å². The van der Waals surface area contributed by atoms with Crippen LogP contribution in [0.1, 0.15) is 26.3 Å². The number of anilines is 2. The molecule has 0 saturated carbocycles. The van der Waals surface area contributed by atoms with Crippen molar-refractivity contribution in [3.63, 3.8) is 0 Å². The Balaban J connectivity index is 1.84. The highest BCUT2D eigenvalue weighted by atomic mass is 16.5. The van der Waals surface area contributed by atoms with Crippen molar-refractivity contribution >= 4 is 23.2 Å². The molecule has 0 bridgehead atoms. The van der Waals surface area contributed by atoms with Crippen molar-refractivity contribution in [1.29, 1.82) is 0 Å². The van der Waals surface area contributed by atoms with E-state index < -0.39 is 0 Å². The SMILES string of the molecule is Cc1ccc(N)cc1C(=O)Nc1ccccc1C(=O)N1CCOCC1. The molecular formula is C19H21N3O3. The Hall–Kier alpha value is -2.86. The van der Waals surface area contributed by atoms with E-state index in [0.29, 0.717) is 48.8 Å². The zero-order valence-corrected chi connectivity index (χ0v) is 14.1. The Kier molecular flexibility index (Phi) is 5.00. The van der Waals surface area contributed by atoms with Crippen molar-refractivity contribution in [3.8, 4) is 0 Å². The zero-order chi connectivity index (χ0) is 17.8. The minimum absolute atomic E-state index is 0.108. The molecule has 1 saturated heterocycles. The number of amides is 2. The average Bonchev–Trinajstić information content (AvgIpc) is 2.64. The number of nitrogens with one attached hydrogen (secondary N) is 1. The van der Waals surface area contributed by atoms with E-state index in [1.165, 1.54) is 0 Å². The quantitative estimate of drug-likeness (QED) is 0.841. The minimum atomic E-state index is -0.285. The van der Waals surface area contributed by atoms with Crippen LogP contribution in [-0.4, -0.2) is 43.0 Å². The fourth-order valence-electron chi connectivity index (χ4n) is 2.79. The van der Waals surface area contributed by atoms with E-state index >= 15 is 0 Å². The van der Waals surface area contributed by atoms with E-state index in [1.54, 1.807) is 47.4 Å². The zero-order valence-electron chi connectivity index (χ0n) is 14.1. The van der Waals surface area contributed by atoms with Crippen LogP contribution in [-0.2, 0) is 4.74 Å². The van der Waals surface area contributed by atoms with Crippen molar-refractivity contribution in [3.05, 3.63) is 59.2 Å². The number of benzene rings is 2. The molecule has 3 N–H and O–H groups in total. The molecule has 2 aromatic carbocycles. The van der Waals surface area contributed by atoms with Crippen LogP contribution >= 0.6 is 0 Å². The van der Waals surface area contributed by atoms with Crippen LogP contribution in [0.25, 0.3) is 0 Å². The standard InChI is InChI=1S/C19H21N3O3/c1-13-6-7-14(20)12-16(13)18(23)21-17-5-3-2-4-15(17)19(24)22-8-10-25-11-9-22/h2-7,12H,8-11,20H2,1H3,(H,21,23). The van der Waals surface area contributed by atoms with Crippen LogP contribution in [0.3, 0.4) is 0 Å². The van der Waals surface area contributed by atoms with Gasteiger partial charge in [-0.25, -0.2) is 0 Å². The lowest BCUT2D eigenvalue weighted by molar-refractivity contribution is 0.0303. The van der Waals surface area contributed by atoms with Crippen molar-refractivity contribution in [2.75, 3.05) is 37.4 Å². The summed E-state index contributed by atoms with van der Waals surface area (Å²) in [6.45, 7) is 4.01. The Morgan fingerprint density at radius 1 is 1.08 bits per heavy atom. The molecule has 2 aromatic rings. The molecule has 1 fully saturated rings. The molecule has 1 heterocycles. The molecule has 3 rings (SSSR count). The van der Waals surface area contributed by atoms with Gasteiger partial charge < -0.3 is 20.7 Å². The maximum atomic E-state index is 12.8. The van der Waals surface area contributed by atoms with Gasteiger partial charge in [-0.3, -0.25) is 9.59 Å². The van der Waals surface area contributed by atoms with Crippen LogP contribution in [0.5, 0.6) is 0 Å². The number of morpholine rings is 1. The first-order valence-corrected chi connectivity index (χ1v) is 8.20. The van der Waals surface area contributed by atoms with Crippen molar-refractivity contribution < 1.29 is 14.3 Å². The minimum Gasteiger partial charge on any atom is -0.399 e. The van der Waals surface area contributed by atoms with Gasteiger partial charge in [-0.05, 0) is 36.8 Å². The molecule has 0 radical (unpaired) electrons. The molecule has 0 atom stereocenters. The van der Waals surface area contributed by atoms with Gasteiger partial charge in [0.15, 0.2) is 0 Å². The smallest absolute Gasteiger partial charge is 0.256 e. The molecule has 130 valence electrons. The van der Waals surface area contributed by atoms with Crippen LogP contribution in [0.4, 0.5) is 11.4 Å². The van der Waals surface area contributed by atoms with Crippen LogP contribution in [0.2, 0.25) is 0 Å². The van der Waals surface area contributed by atoms with Crippen LogP contribution < -0.4 is 11.1 Å². The highest BCUT2D eigenvalue weighted by molar-refractivity contribution is 6.09. The lowest BCUT2D eigenvalue weighted by Gasteiger charge is -2.27. The number of ether oxygens (including phenoxy) is 1. The third-order valence-electron chi connectivity index (χ3n) is 4.21. The summed E-state index contributed by atoms with van der Waals surface area (Å²) in [4.78, 5) is 27.1. The van der Waals surface area contributed by atoms with E-state index in [4.69, 9.17) is 10.5 Å². The lowest BCUT2D eigenvalue weighted by atomic mass is 10.1. The number of hydrogen-bond donors (Lipinski definition) is 2. The van der Waals surface area contributed by atoms with E-state index in [9.17, 15) is 9.59 Å². The van der Waals surface area contributed by atoms with E-state index in [0.717, 1.165) is 5.56 Å². The van der Waals surface area contributed by atoms with E-state index in [1.807, 2.05) is 6.92 Å². The Bertz CT molecular complexity index is 798. The van der Waals surface area contributed by atoms with Gasteiger partial charge in [-0.2, -0.15) is 0 Å². The first kappa shape index (κ1) is 17.0. The molecule has 0 spiro atoms. The van der Waals surface area contributed by atoms with Gasteiger partial charge in [0, 0.05) is 24.3 Å². The number of nitrogens with two attached hydrogens (primary N) is 1. The number of carbonyl (C=O) groups excluding carboxylic acids is 2. The van der Waals surface area contributed by atoms with Gasteiger partial charge in [0.2, 0.25) is 0 Å². The fraction of sp³-hybridized carbons (Fsp3) is 0.263. The van der Waals surface area contributed by atoms with Gasteiger partial charge in [0.1, 0.15) is 0 Å². The van der Waals surface area contributed by atoms with Gasteiger partial charge >= 0.3 is 0 Å². The van der Waals surface area contributed by atoms with Crippen molar-refractivity contribution in [2.24, 2.45) is 0 Å². The fourth-order valence-corrected chi connectivity index (χ4v) is 2.79. The molecule has 6 nitrogen and oxygen atoms in total. The largest absolute Gasteiger partial charge is 0.399 e. The monoisotopic (exact) mass is 339 g/mol. The van der Waals surface area contributed by atoms with Crippen LogP contribution in [0.15, 0.2) is 42.5 Å². The first-order valence-electron chi connectivity index (χ1n) is 8.20. The van der Waals surface area contributed by atoms with E-state index in [2.05, 4.69) is 5.32 Å². The average molecular weight is 339 g/mol. The molecule has 0 aliphatic carbocycles. The second kappa shape index (κ2) is 7.36.